The van der Waals surface area contributed by atoms with Gasteiger partial charge >= 0.3 is 0 Å². The lowest BCUT2D eigenvalue weighted by atomic mass is 10.1. The molecule has 1 unspecified atom stereocenters. The summed E-state index contributed by atoms with van der Waals surface area (Å²) in [5.74, 6) is 0. The first-order chi connectivity index (χ1) is 9.74. The summed E-state index contributed by atoms with van der Waals surface area (Å²) in [5.41, 5.74) is 2.36. The van der Waals surface area contributed by atoms with Crippen molar-refractivity contribution in [1.29, 1.82) is 0 Å². The molecule has 2 heterocycles. The maximum Gasteiger partial charge on any atom is 0.0705 e. The summed E-state index contributed by atoms with van der Waals surface area (Å²) in [7, 11) is 0. The molecule has 2 nitrogen and oxygen atoms in total. The lowest BCUT2D eigenvalue weighted by Crippen LogP contribution is -2.17. The normalized spacial score (nSPS) is 12.7. The topological polar surface area (TPSA) is 24.9 Å². The van der Waals surface area contributed by atoms with Crippen molar-refractivity contribution >= 4 is 22.2 Å². The van der Waals surface area contributed by atoms with E-state index in [1.807, 2.05) is 23.6 Å². The molecule has 0 fully saturated rings. The van der Waals surface area contributed by atoms with Gasteiger partial charge in [-0.3, -0.25) is 4.98 Å². The Balaban J connectivity index is 1.77. The van der Waals surface area contributed by atoms with E-state index in [0.29, 0.717) is 6.04 Å². The molecule has 0 aliphatic heterocycles. The maximum absolute atomic E-state index is 4.40. The van der Waals surface area contributed by atoms with E-state index in [4.69, 9.17) is 0 Å². The van der Waals surface area contributed by atoms with E-state index < -0.39 is 0 Å². The lowest BCUT2D eigenvalue weighted by molar-refractivity contribution is 0.584. The van der Waals surface area contributed by atoms with Crippen LogP contribution in [0.2, 0.25) is 0 Å². The van der Waals surface area contributed by atoms with E-state index in [1.165, 1.54) is 20.7 Å². The average Bonchev–Trinajstić information content (AvgIpc) is 2.91. The Hall–Kier alpha value is -1.71. The van der Waals surface area contributed by atoms with Gasteiger partial charge in [-0.05, 0) is 43.7 Å². The molecular weight excluding hydrogens is 264 g/mol. The minimum Gasteiger partial charge on any atom is -0.305 e. The molecule has 3 rings (SSSR count). The largest absolute Gasteiger partial charge is 0.305 e. The number of rotatable bonds is 4. The molecule has 0 bridgehead atoms. The van der Waals surface area contributed by atoms with Gasteiger partial charge in [0, 0.05) is 33.9 Å². The predicted octanol–water partition coefficient (Wildman–Crippen LogP) is 4.46. The molecule has 1 aromatic carbocycles. The summed E-state index contributed by atoms with van der Waals surface area (Å²) in [6.45, 7) is 5.23. The van der Waals surface area contributed by atoms with Crippen molar-refractivity contribution in [2.45, 2.75) is 26.4 Å². The fourth-order valence-electron chi connectivity index (χ4n) is 2.36. The highest BCUT2D eigenvalue weighted by Crippen LogP contribution is 2.23. The Bertz CT molecular complexity index is 712. The number of hydrogen-bond donors (Lipinski definition) is 1. The maximum atomic E-state index is 4.40. The van der Waals surface area contributed by atoms with Crippen LogP contribution in [-0.2, 0) is 6.54 Å². The van der Waals surface area contributed by atoms with E-state index in [9.17, 15) is 0 Å². The number of fused-ring (bicyclic) bond motifs is 1. The van der Waals surface area contributed by atoms with Crippen LogP contribution in [-0.4, -0.2) is 4.98 Å². The van der Waals surface area contributed by atoms with Gasteiger partial charge in [0.25, 0.3) is 0 Å². The molecule has 2 aromatic heterocycles. The number of hydrogen-bond acceptors (Lipinski definition) is 3. The third kappa shape index (κ3) is 2.74. The number of aryl methyl sites for hydroxylation is 1. The van der Waals surface area contributed by atoms with Gasteiger partial charge in [0.1, 0.15) is 0 Å². The van der Waals surface area contributed by atoms with Crippen molar-refractivity contribution in [2.24, 2.45) is 0 Å². The first kappa shape index (κ1) is 13.3. The molecule has 20 heavy (non-hydrogen) atoms. The Morgan fingerprint density at radius 3 is 2.80 bits per heavy atom. The minimum atomic E-state index is 0.376. The van der Waals surface area contributed by atoms with E-state index in [0.717, 1.165) is 12.1 Å². The number of aromatic nitrogens is 1. The van der Waals surface area contributed by atoms with Crippen LogP contribution >= 0.6 is 11.3 Å². The predicted molar refractivity (Wildman–Crippen MR) is 86.1 cm³/mol. The van der Waals surface area contributed by atoms with Crippen molar-refractivity contribution in [1.82, 2.24) is 10.3 Å². The number of thiophene rings is 1. The molecule has 0 radical (unpaired) electrons. The van der Waals surface area contributed by atoms with Crippen LogP contribution in [0.5, 0.6) is 0 Å². The van der Waals surface area contributed by atoms with E-state index >= 15 is 0 Å². The van der Waals surface area contributed by atoms with Crippen LogP contribution < -0.4 is 5.32 Å². The van der Waals surface area contributed by atoms with Crippen molar-refractivity contribution in [3.05, 3.63) is 64.0 Å². The molecule has 3 aromatic rings. The van der Waals surface area contributed by atoms with E-state index in [1.54, 1.807) is 0 Å². The highest BCUT2D eigenvalue weighted by atomic mass is 32.1. The van der Waals surface area contributed by atoms with Crippen molar-refractivity contribution in [2.75, 3.05) is 0 Å². The molecule has 0 aliphatic rings. The first-order valence-electron chi connectivity index (χ1n) is 6.86. The average molecular weight is 282 g/mol. The molecular formula is C17H18N2S. The first-order valence-corrected chi connectivity index (χ1v) is 7.68. The molecule has 1 N–H and O–H groups in total. The molecule has 3 heteroatoms. The zero-order chi connectivity index (χ0) is 13.9. The summed E-state index contributed by atoms with van der Waals surface area (Å²) in [4.78, 5) is 7.16. The lowest BCUT2D eigenvalue weighted by Gasteiger charge is -2.13. The smallest absolute Gasteiger partial charge is 0.0705 e. The standard InChI is InChI=1S/C17H18N2S/c1-12-7-8-17(20-12)13(2)19-11-14-9-10-18-16-6-4-3-5-15(14)16/h3-10,13,19H,11H2,1-2H3. The van der Waals surface area contributed by atoms with Crippen molar-refractivity contribution in [3.8, 4) is 0 Å². The zero-order valence-electron chi connectivity index (χ0n) is 11.8. The highest BCUT2D eigenvalue weighted by Gasteiger charge is 2.08. The van der Waals surface area contributed by atoms with Crippen LogP contribution in [0.4, 0.5) is 0 Å². The Labute approximate surface area is 123 Å². The van der Waals surface area contributed by atoms with Gasteiger partial charge in [0.2, 0.25) is 0 Å². The van der Waals surface area contributed by atoms with Crippen molar-refractivity contribution in [3.63, 3.8) is 0 Å². The summed E-state index contributed by atoms with van der Waals surface area (Å²) >= 11 is 1.86. The van der Waals surface area contributed by atoms with Crippen LogP contribution in [0.25, 0.3) is 10.9 Å². The molecule has 0 aliphatic carbocycles. The van der Waals surface area contributed by atoms with E-state index in [2.05, 4.69) is 60.5 Å². The second-order valence-electron chi connectivity index (χ2n) is 5.04. The quantitative estimate of drug-likeness (QED) is 0.764. The molecule has 0 saturated carbocycles. The second kappa shape index (κ2) is 5.73. The SMILES string of the molecule is Cc1ccc(C(C)NCc2ccnc3ccccc23)s1. The van der Waals surface area contributed by atoms with Crippen LogP contribution in [0.15, 0.2) is 48.7 Å². The molecule has 0 spiro atoms. The van der Waals surface area contributed by atoms with Gasteiger partial charge in [-0.15, -0.1) is 11.3 Å². The van der Waals surface area contributed by atoms with Gasteiger partial charge in [0.05, 0.1) is 5.52 Å². The molecule has 102 valence electrons. The minimum absolute atomic E-state index is 0.376. The van der Waals surface area contributed by atoms with Gasteiger partial charge in [-0.1, -0.05) is 18.2 Å². The summed E-state index contributed by atoms with van der Waals surface area (Å²) in [6, 6.07) is 15.2. The molecule has 1 atom stereocenters. The highest BCUT2D eigenvalue weighted by molar-refractivity contribution is 7.12. The number of benzene rings is 1. The third-order valence-electron chi connectivity index (χ3n) is 3.53. The van der Waals surface area contributed by atoms with Gasteiger partial charge in [-0.25, -0.2) is 0 Å². The number of nitrogens with zero attached hydrogens (tertiary/aromatic N) is 1. The number of nitrogens with one attached hydrogen (secondary N) is 1. The Morgan fingerprint density at radius 2 is 2.00 bits per heavy atom. The Morgan fingerprint density at radius 1 is 1.15 bits per heavy atom. The summed E-state index contributed by atoms with van der Waals surface area (Å²) in [5, 5.41) is 4.84. The van der Waals surface area contributed by atoms with Crippen LogP contribution in [0, 0.1) is 6.92 Å². The number of para-hydroxylation sites is 1. The monoisotopic (exact) mass is 282 g/mol. The summed E-state index contributed by atoms with van der Waals surface area (Å²) < 4.78 is 0. The summed E-state index contributed by atoms with van der Waals surface area (Å²) in [6.07, 6.45) is 1.89. The fraction of sp³-hybridized carbons (Fsp3) is 0.235. The van der Waals surface area contributed by atoms with Gasteiger partial charge in [0.15, 0.2) is 0 Å². The van der Waals surface area contributed by atoms with E-state index in [-0.39, 0.29) is 0 Å². The molecule has 0 saturated heterocycles. The van der Waals surface area contributed by atoms with Crippen LogP contribution in [0.1, 0.15) is 28.3 Å². The van der Waals surface area contributed by atoms with Crippen LogP contribution in [0.3, 0.4) is 0 Å². The fourth-order valence-corrected chi connectivity index (χ4v) is 3.26. The van der Waals surface area contributed by atoms with Crippen molar-refractivity contribution < 1.29 is 0 Å². The third-order valence-corrected chi connectivity index (χ3v) is 4.71. The van der Waals surface area contributed by atoms with Gasteiger partial charge in [-0.2, -0.15) is 0 Å². The zero-order valence-corrected chi connectivity index (χ0v) is 12.6. The Kier molecular flexibility index (Phi) is 3.81. The van der Waals surface area contributed by atoms with Gasteiger partial charge < -0.3 is 5.32 Å². The molecule has 0 amide bonds. The second-order valence-corrected chi connectivity index (χ2v) is 6.36. The number of pyridine rings is 1.